The molecule has 1 aliphatic rings. The van der Waals surface area contributed by atoms with Crippen molar-refractivity contribution in [2.45, 2.75) is 32.2 Å². The van der Waals surface area contributed by atoms with E-state index in [1.54, 1.807) is 6.33 Å². The van der Waals surface area contributed by atoms with Gasteiger partial charge in [0.05, 0.1) is 0 Å². The summed E-state index contributed by atoms with van der Waals surface area (Å²) in [7, 11) is 2.05. The van der Waals surface area contributed by atoms with Crippen molar-refractivity contribution in [3.8, 4) is 0 Å². The molecule has 0 radical (unpaired) electrons. The number of nitrogens with zero attached hydrogens (tertiary/aromatic N) is 3. The number of hydrogen-bond donors (Lipinski definition) is 1. The zero-order valence-electron chi connectivity index (χ0n) is 10.3. The Morgan fingerprint density at radius 3 is 2.56 bits per heavy atom. The Morgan fingerprint density at radius 1 is 1.31 bits per heavy atom. The van der Waals surface area contributed by atoms with Crippen LogP contribution in [0.3, 0.4) is 0 Å². The topological polar surface area (TPSA) is 41.0 Å². The van der Waals surface area contributed by atoms with Crippen molar-refractivity contribution in [2.75, 3.05) is 25.0 Å². The lowest BCUT2D eigenvalue weighted by molar-refractivity contribution is 0.304. The van der Waals surface area contributed by atoms with Gasteiger partial charge in [0.25, 0.3) is 0 Å². The van der Waals surface area contributed by atoms with E-state index in [9.17, 15) is 0 Å². The predicted molar refractivity (Wildman–Crippen MR) is 65.7 cm³/mol. The van der Waals surface area contributed by atoms with Crippen LogP contribution in [-0.2, 0) is 0 Å². The number of piperidine rings is 1. The monoisotopic (exact) mass is 220 g/mol. The molecule has 0 bridgehead atoms. The Hall–Kier alpha value is -1.16. The van der Waals surface area contributed by atoms with Crippen LogP contribution in [0.4, 0.5) is 5.82 Å². The number of nitrogens with one attached hydrogen (secondary N) is 1. The third kappa shape index (κ3) is 2.32. The van der Waals surface area contributed by atoms with E-state index in [1.807, 2.05) is 14.0 Å². The second-order valence-electron chi connectivity index (χ2n) is 4.82. The number of aryl methyl sites for hydroxylation is 1. The minimum atomic E-state index is 0.290. The fourth-order valence-electron chi connectivity index (χ4n) is 2.09. The summed E-state index contributed by atoms with van der Waals surface area (Å²) in [6, 6.07) is 2.06. The highest BCUT2D eigenvalue weighted by Gasteiger charge is 2.28. The van der Waals surface area contributed by atoms with Crippen LogP contribution in [0.2, 0.25) is 0 Å². The molecule has 0 aliphatic carbocycles. The summed E-state index contributed by atoms with van der Waals surface area (Å²) in [5, 5.41) is 3.40. The molecule has 0 amide bonds. The molecule has 4 heteroatoms. The molecule has 2 rings (SSSR count). The summed E-state index contributed by atoms with van der Waals surface area (Å²) in [6.45, 7) is 6.42. The highest BCUT2D eigenvalue weighted by molar-refractivity contribution is 5.39. The Labute approximate surface area is 97.1 Å². The van der Waals surface area contributed by atoms with E-state index >= 15 is 0 Å². The highest BCUT2D eigenvalue weighted by atomic mass is 15.2. The molecule has 2 heterocycles. The van der Waals surface area contributed by atoms with Crippen molar-refractivity contribution >= 4 is 5.82 Å². The van der Waals surface area contributed by atoms with Gasteiger partial charge in [0.2, 0.25) is 0 Å². The van der Waals surface area contributed by atoms with Crippen molar-refractivity contribution < 1.29 is 0 Å². The molecule has 88 valence electrons. The first kappa shape index (κ1) is 11.3. The van der Waals surface area contributed by atoms with Gasteiger partial charge in [-0.05, 0) is 33.7 Å². The molecule has 1 fully saturated rings. The Morgan fingerprint density at radius 2 is 2.00 bits per heavy atom. The van der Waals surface area contributed by atoms with Crippen molar-refractivity contribution in [3.63, 3.8) is 0 Å². The van der Waals surface area contributed by atoms with Crippen LogP contribution in [0.5, 0.6) is 0 Å². The first-order chi connectivity index (χ1) is 7.63. The smallest absolute Gasteiger partial charge is 0.132 e. The zero-order valence-corrected chi connectivity index (χ0v) is 10.3. The molecule has 16 heavy (non-hydrogen) atoms. The normalized spacial score (nSPS) is 19.8. The van der Waals surface area contributed by atoms with E-state index < -0.39 is 0 Å². The van der Waals surface area contributed by atoms with Gasteiger partial charge >= 0.3 is 0 Å². The van der Waals surface area contributed by atoms with Gasteiger partial charge in [0.15, 0.2) is 0 Å². The predicted octanol–water partition coefficient (Wildman–Crippen LogP) is 1.36. The lowest BCUT2D eigenvalue weighted by Gasteiger charge is -2.39. The first-order valence-corrected chi connectivity index (χ1v) is 5.85. The minimum absolute atomic E-state index is 0.290. The molecule has 0 spiro atoms. The quantitative estimate of drug-likeness (QED) is 0.817. The second kappa shape index (κ2) is 4.37. The summed E-state index contributed by atoms with van der Waals surface area (Å²) < 4.78 is 0. The lowest BCUT2D eigenvalue weighted by atomic mass is 9.90. The maximum Gasteiger partial charge on any atom is 0.132 e. The van der Waals surface area contributed by atoms with Gasteiger partial charge in [-0.1, -0.05) is 0 Å². The van der Waals surface area contributed by atoms with Crippen LogP contribution >= 0.6 is 0 Å². The second-order valence-corrected chi connectivity index (χ2v) is 4.82. The molecular formula is C12H20N4. The third-order valence-corrected chi connectivity index (χ3v) is 3.58. The van der Waals surface area contributed by atoms with Crippen LogP contribution in [0.25, 0.3) is 0 Å². The van der Waals surface area contributed by atoms with E-state index in [1.165, 1.54) is 0 Å². The molecular weight excluding hydrogens is 200 g/mol. The Bertz CT molecular complexity index is 356. The number of hydrogen-bond acceptors (Lipinski definition) is 4. The molecule has 4 nitrogen and oxygen atoms in total. The molecule has 0 atom stereocenters. The molecule has 1 aliphatic heterocycles. The lowest BCUT2D eigenvalue weighted by Crippen LogP contribution is -2.50. The molecule has 0 saturated carbocycles. The number of rotatable bonds is 2. The van der Waals surface area contributed by atoms with Gasteiger partial charge in [-0.15, -0.1) is 0 Å². The molecule has 1 aromatic rings. The van der Waals surface area contributed by atoms with E-state index in [0.29, 0.717) is 5.54 Å². The average molecular weight is 220 g/mol. The zero-order chi connectivity index (χ0) is 11.6. The largest absolute Gasteiger partial charge is 0.356 e. The maximum absolute atomic E-state index is 4.33. The Balaban J connectivity index is 2.04. The van der Waals surface area contributed by atoms with Crippen LogP contribution in [0.15, 0.2) is 12.4 Å². The van der Waals surface area contributed by atoms with E-state index in [2.05, 4.69) is 33.2 Å². The molecule has 1 N–H and O–H groups in total. The summed E-state index contributed by atoms with van der Waals surface area (Å²) in [4.78, 5) is 10.8. The van der Waals surface area contributed by atoms with Crippen LogP contribution in [0, 0.1) is 6.92 Å². The fourth-order valence-corrected chi connectivity index (χ4v) is 2.09. The highest BCUT2D eigenvalue weighted by Crippen LogP contribution is 2.24. The van der Waals surface area contributed by atoms with E-state index in [4.69, 9.17) is 0 Å². The van der Waals surface area contributed by atoms with Crippen LogP contribution < -0.4 is 10.2 Å². The molecule has 1 aromatic heterocycles. The van der Waals surface area contributed by atoms with Gasteiger partial charge < -0.3 is 10.2 Å². The van der Waals surface area contributed by atoms with Gasteiger partial charge in [-0.25, -0.2) is 9.97 Å². The van der Waals surface area contributed by atoms with Crippen LogP contribution in [0.1, 0.15) is 25.5 Å². The average Bonchev–Trinajstić information content (AvgIpc) is 2.30. The first-order valence-electron chi connectivity index (χ1n) is 5.85. The minimum Gasteiger partial charge on any atom is -0.356 e. The molecule has 0 unspecified atom stereocenters. The van der Waals surface area contributed by atoms with E-state index in [0.717, 1.165) is 37.4 Å². The van der Waals surface area contributed by atoms with Crippen molar-refractivity contribution in [3.05, 3.63) is 18.1 Å². The van der Waals surface area contributed by atoms with Crippen molar-refractivity contribution in [2.24, 2.45) is 0 Å². The summed E-state index contributed by atoms with van der Waals surface area (Å²) in [5.41, 5.74) is 1.32. The maximum atomic E-state index is 4.33. The van der Waals surface area contributed by atoms with Gasteiger partial charge in [0.1, 0.15) is 12.1 Å². The summed E-state index contributed by atoms with van der Waals surface area (Å²) in [6.07, 6.45) is 3.97. The van der Waals surface area contributed by atoms with Crippen molar-refractivity contribution in [1.82, 2.24) is 15.3 Å². The SMILES string of the molecule is CNC1(C)CCN(c2cc(C)ncn2)CC1. The number of aromatic nitrogens is 2. The summed E-state index contributed by atoms with van der Waals surface area (Å²) in [5.74, 6) is 1.06. The number of anilines is 1. The standard InChI is InChI=1S/C12H20N4/c1-10-8-11(15-9-14-10)16-6-4-12(2,13-3)5-7-16/h8-9,13H,4-7H2,1-3H3. The summed E-state index contributed by atoms with van der Waals surface area (Å²) >= 11 is 0. The Kier molecular flexibility index (Phi) is 3.10. The third-order valence-electron chi connectivity index (χ3n) is 3.58. The van der Waals surface area contributed by atoms with Gasteiger partial charge in [-0.2, -0.15) is 0 Å². The van der Waals surface area contributed by atoms with Crippen molar-refractivity contribution in [1.29, 1.82) is 0 Å². The van der Waals surface area contributed by atoms with Gasteiger partial charge in [0, 0.05) is 30.4 Å². The van der Waals surface area contributed by atoms with E-state index in [-0.39, 0.29) is 0 Å². The fraction of sp³-hybridized carbons (Fsp3) is 0.667. The van der Waals surface area contributed by atoms with Gasteiger partial charge in [-0.3, -0.25) is 0 Å². The molecule has 1 saturated heterocycles. The molecule has 0 aromatic carbocycles. The van der Waals surface area contributed by atoms with Crippen LogP contribution in [-0.4, -0.2) is 35.6 Å².